The normalized spacial score (nSPS) is 18.1. The summed E-state index contributed by atoms with van der Waals surface area (Å²) in [7, 11) is 0. The molecule has 3 rings (SSSR count). The summed E-state index contributed by atoms with van der Waals surface area (Å²) in [5.41, 5.74) is 16.8. The van der Waals surface area contributed by atoms with Crippen molar-refractivity contribution in [3.8, 4) is 0 Å². The minimum absolute atomic E-state index is 0. The summed E-state index contributed by atoms with van der Waals surface area (Å²) in [4.78, 5) is 3.40. The van der Waals surface area contributed by atoms with Crippen LogP contribution in [0.25, 0.3) is 0 Å². The first-order valence-electron chi connectivity index (χ1n) is 7.59. The lowest BCUT2D eigenvalue weighted by Gasteiger charge is -2.24. The van der Waals surface area contributed by atoms with Crippen LogP contribution in [0.1, 0.15) is 41.6 Å². The summed E-state index contributed by atoms with van der Waals surface area (Å²) < 4.78 is 0. The third-order valence-electron chi connectivity index (χ3n) is 4.16. The zero-order chi connectivity index (χ0) is 15.5. The van der Waals surface area contributed by atoms with Crippen molar-refractivity contribution in [1.82, 2.24) is 4.98 Å². The Balaban J connectivity index is 0.00000192. The zero-order valence-corrected chi connectivity index (χ0v) is 13.9. The number of nitrogens with two attached hydrogens (primary N) is 2. The van der Waals surface area contributed by atoms with Crippen LogP contribution in [0.3, 0.4) is 0 Å². The molecule has 1 aliphatic rings. The molecule has 0 radical (unpaired) electrons. The maximum Gasteiger partial charge on any atom is 0.211 e. The van der Waals surface area contributed by atoms with Crippen molar-refractivity contribution < 1.29 is 0 Å². The molecule has 0 spiro atoms. The van der Waals surface area contributed by atoms with Crippen LogP contribution in [0, 0.1) is 0 Å². The molecule has 1 aromatic carbocycles. The van der Waals surface area contributed by atoms with E-state index in [0.29, 0.717) is 5.92 Å². The molecule has 0 saturated carbocycles. The highest BCUT2D eigenvalue weighted by atomic mass is 35.5. The minimum Gasteiger partial charge on any atom is -0.369 e. The van der Waals surface area contributed by atoms with E-state index in [9.17, 15) is 0 Å². The fourth-order valence-corrected chi connectivity index (χ4v) is 3.14. The van der Waals surface area contributed by atoms with Crippen molar-refractivity contribution in [2.45, 2.75) is 32.1 Å². The highest BCUT2D eigenvalue weighted by Gasteiger charge is 2.28. The Hall–Kier alpha value is -2.27. The number of rotatable bonds is 3. The lowest BCUT2D eigenvalue weighted by atomic mass is 9.81. The third-order valence-corrected chi connectivity index (χ3v) is 4.16. The van der Waals surface area contributed by atoms with Gasteiger partial charge in [0.2, 0.25) is 5.96 Å². The van der Waals surface area contributed by atoms with Crippen LogP contribution < -0.4 is 11.5 Å². The number of aromatic nitrogens is 1. The molecule has 1 atom stereocenters. The van der Waals surface area contributed by atoms with Crippen LogP contribution >= 0.6 is 12.4 Å². The third kappa shape index (κ3) is 3.56. The van der Waals surface area contributed by atoms with Crippen LogP contribution in [-0.2, 0) is 12.8 Å². The van der Waals surface area contributed by atoms with Crippen LogP contribution in [-0.4, -0.2) is 16.7 Å². The van der Waals surface area contributed by atoms with E-state index in [0.717, 1.165) is 25.0 Å². The Kier molecular flexibility index (Phi) is 5.45. The van der Waals surface area contributed by atoms with Gasteiger partial charge in [-0.3, -0.25) is 0 Å². The molecule has 0 fully saturated rings. The molecule has 122 valence electrons. The Morgan fingerprint density at radius 3 is 2.61 bits per heavy atom. The molecule has 1 heterocycles. The largest absolute Gasteiger partial charge is 0.369 e. The molecule has 5 nitrogen and oxygen atoms in total. The number of H-pyrrole nitrogens is 1. The molecule has 0 aliphatic heterocycles. The molecule has 23 heavy (non-hydrogen) atoms. The van der Waals surface area contributed by atoms with Gasteiger partial charge in [-0.1, -0.05) is 37.3 Å². The van der Waals surface area contributed by atoms with Gasteiger partial charge in [0.25, 0.3) is 0 Å². The van der Waals surface area contributed by atoms with Crippen molar-refractivity contribution >= 4 is 24.1 Å². The van der Waals surface area contributed by atoms with Crippen molar-refractivity contribution in [3.63, 3.8) is 0 Å². The number of halogens is 1. The zero-order valence-electron chi connectivity index (χ0n) is 13.1. The SMILES string of the molecule is CCc1c[nH]c2c1/C(=N/N=C(N)N)CC(c1ccccc1)C2.Cl. The topological polar surface area (TPSA) is 92.5 Å². The molecule has 6 heteroatoms. The summed E-state index contributed by atoms with van der Waals surface area (Å²) in [5.74, 6) is 0.384. The Morgan fingerprint density at radius 1 is 1.22 bits per heavy atom. The van der Waals surface area contributed by atoms with Gasteiger partial charge in [0.15, 0.2) is 0 Å². The van der Waals surface area contributed by atoms with Crippen molar-refractivity contribution in [1.29, 1.82) is 0 Å². The van der Waals surface area contributed by atoms with Crippen LogP contribution in [0.2, 0.25) is 0 Å². The van der Waals surface area contributed by atoms with E-state index in [1.807, 2.05) is 6.07 Å². The number of guanidine groups is 1. The van der Waals surface area contributed by atoms with E-state index >= 15 is 0 Å². The van der Waals surface area contributed by atoms with Gasteiger partial charge in [0, 0.05) is 17.5 Å². The smallest absolute Gasteiger partial charge is 0.211 e. The minimum atomic E-state index is -0.00975. The highest BCUT2D eigenvalue weighted by Crippen LogP contribution is 2.34. The predicted molar refractivity (Wildman–Crippen MR) is 97.3 cm³/mol. The molecule has 5 N–H and O–H groups in total. The fraction of sp³-hybridized carbons (Fsp3) is 0.294. The predicted octanol–water partition coefficient (Wildman–Crippen LogP) is 2.71. The molecule has 0 amide bonds. The lowest BCUT2D eigenvalue weighted by molar-refractivity contribution is 0.683. The summed E-state index contributed by atoms with van der Waals surface area (Å²) in [6, 6.07) is 10.5. The van der Waals surface area contributed by atoms with Gasteiger partial charge >= 0.3 is 0 Å². The number of hydrogen-bond acceptors (Lipinski definition) is 2. The van der Waals surface area contributed by atoms with Crippen molar-refractivity contribution in [2.24, 2.45) is 21.7 Å². The van der Waals surface area contributed by atoms with E-state index in [1.54, 1.807) is 0 Å². The summed E-state index contributed by atoms with van der Waals surface area (Å²) in [6.07, 6.45) is 4.87. The maximum absolute atomic E-state index is 5.43. The number of aromatic amines is 1. The summed E-state index contributed by atoms with van der Waals surface area (Å²) in [6.45, 7) is 2.14. The Labute approximate surface area is 142 Å². The Bertz CT molecular complexity index is 714. The summed E-state index contributed by atoms with van der Waals surface area (Å²) >= 11 is 0. The van der Waals surface area contributed by atoms with Crippen molar-refractivity contribution in [3.05, 3.63) is 58.9 Å². The first-order chi connectivity index (χ1) is 10.7. The molecule has 0 saturated heterocycles. The lowest BCUT2D eigenvalue weighted by Crippen LogP contribution is -2.23. The summed E-state index contributed by atoms with van der Waals surface area (Å²) in [5, 5.41) is 8.19. The van der Waals surface area contributed by atoms with E-state index in [1.165, 1.54) is 22.4 Å². The average molecular weight is 332 g/mol. The van der Waals surface area contributed by atoms with Crippen LogP contribution in [0.15, 0.2) is 46.7 Å². The van der Waals surface area contributed by atoms with Gasteiger partial charge < -0.3 is 16.5 Å². The molecular formula is C17H22ClN5. The number of fused-ring (bicyclic) bond motifs is 1. The maximum atomic E-state index is 5.43. The molecule has 1 aliphatic carbocycles. The number of hydrogen-bond donors (Lipinski definition) is 3. The molecule has 1 aromatic heterocycles. The Morgan fingerprint density at radius 2 is 1.96 bits per heavy atom. The molecule has 2 aromatic rings. The van der Waals surface area contributed by atoms with Gasteiger partial charge in [0.05, 0.1) is 5.71 Å². The number of nitrogens with zero attached hydrogens (tertiary/aromatic N) is 2. The van der Waals surface area contributed by atoms with Gasteiger partial charge in [-0.2, -0.15) is 5.10 Å². The first kappa shape index (κ1) is 17.1. The number of benzene rings is 1. The second-order valence-corrected chi connectivity index (χ2v) is 5.61. The standard InChI is InChI=1S/C17H21N5.ClH/c1-2-11-10-20-14-8-13(12-6-4-3-5-7-12)9-15(16(11)14)21-22-17(18)19;/h3-7,10,13,20H,2,8-9H2,1H3,(H4,18,19,22);1H/b21-15+;. The average Bonchev–Trinajstić information content (AvgIpc) is 2.96. The molecule has 0 bridgehead atoms. The first-order valence-corrected chi connectivity index (χ1v) is 7.59. The fourth-order valence-electron chi connectivity index (χ4n) is 3.14. The van der Waals surface area contributed by atoms with E-state index in [-0.39, 0.29) is 18.4 Å². The van der Waals surface area contributed by atoms with Crippen molar-refractivity contribution in [2.75, 3.05) is 0 Å². The monoisotopic (exact) mass is 331 g/mol. The highest BCUT2D eigenvalue weighted by molar-refractivity contribution is 6.04. The van der Waals surface area contributed by atoms with E-state index in [2.05, 4.69) is 52.6 Å². The second-order valence-electron chi connectivity index (χ2n) is 5.61. The van der Waals surface area contributed by atoms with Gasteiger partial charge in [-0.05, 0) is 36.3 Å². The van der Waals surface area contributed by atoms with E-state index < -0.39 is 0 Å². The van der Waals surface area contributed by atoms with Crippen LogP contribution in [0.5, 0.6) is 0 Å². The van der Waals surface area contributed by atoms with Gasteiger partial charge in [0.1, 0.15) is 0 Å². The molecular weight excluding hydrogens is 310 g/mol. The number of nitrogens with one attached hydrogen (secondary N) is 1. The van der Waals surface area contributed by atoms with E-state index in [4.69, 9.17) is 11.5 Å². The second kappa shape index (κ2) is 7.33. The van der Waals surface area contributed by atoms with Gasteiger partial charge in [-0.15, -0.1) is 17.5 Å². The molecule has 1 unspecified atom stereocenters. The van der Waals surface area contributed by atoms with Gasteiger partial charge in [-0.25, -0.2) is 0 Å². The number of aryl methyl sites for hydroxylation is 1. The van der Waals surface area contributed by atoms with Crippen LogP contribution in [0.4, 0.5) is 0 Å². The quantitative estimate of drug-likeness (QED) is 0.458.